The molecule has 3 rings (SSSR count). The quantitative estimate of drug-likeness (QED) is 0.927. The molecule has 2 atom stereocenters. The van der Waals surface area contributed by atoms with E-state index in [1.165, 1.54) is 0 Å². The maximum atomic E-state index is 12.4. The number of morpholine rings is 1. The van der Waals surface area contributed by atoms with Crippen LogP contribution in [0.2, 0.25) is 0 Å². The predicted octanol–water partition coefficient (Wildman–Crippen LogP) is 2.51. The van der Waals surface area contributed by atoms with Crippen LogP contribution in [-0.4, -0.2) is 46.0 Å². The zero-order chi connectivity index (χ0) is 15.5. The first kappa shape index (κ1) is 14.6. The highest BCUT2D eigenvalue weighted by Gasteiger charge is 2.25. The molecular formula is C16H20N4O2. The number of hydrogen-bond donors (Lipinski definition) is 1. The summed E-state index contributed by atoms with van der Waals surface area (Å²) in [4.78, 5) is 14.2. The molecule has 22 heavy (non-hydrogen) atoms. The average molecular weight is 300 g/mol. The van der Waals surface area contributed by atoms with E-state index in [1.807, 2.05) is 50.4 Å². The van der Waals surface area contributed by atoms with E-state index in [-0.39, 0.29) is 18.2 Å². The molecular weight excluding hydrogens is 280 g/mol. The first-order valence-corrected chi connectivity index (χ1v) is 7.43. The second kappa shape index (κ2) is 6.19. The Labute approximate surface area is 129 Å². The number of hydrogen-bond acceptors (Lipinski definition) is 3. The highest BCUT2D eigenvalue weighted by atomic mass is 16.5. The normalized spacial score (nSPS) is 21.6. The lowest BCUT2D eigenvalue weighted by Crippen LogP contribution is -2.49. The summed E-state index contributed by atoms with van der Waals surface area (Å²) in [6.07, 6.45) is 3.71. The Morgan fingerprint density at radius 2 is 2.05 bits per heavy atom. The van der Waals surface area contributed by atoms with Crippen molar-refractivity contribution in [3.8, 4) is 5.69 Å². The van der Waals surface area contributed by atoms with Crippen LogP contribution in [0, 0.1) is 0 Å². The molecule has 0 unspecified atom stereocenters. The zero-order valence-corrected chi connectivity index (χ0v) is 12.8. The Bertz CT molecular complexity index is 631. The number of nitrogens with zero attached hydrogens (tertiary/aromatic N) is 3. The van der Waals surface area contributed by atoms with E-state index in [0.717, 1.165) is 11.4 Å². The third-order valence-corrected chi connectivity index (χ3v) is 3.57. The van der Waals surface area contributed by atoms with Crippen LogP contribution in [-0.2, 0) is 4.74 Å². The van der Waals surface area contributed by atoms with Gasteiger partial charge in [-0.3, -0.25) is 0 Å². The van der Waals surface area contributed by atoms with Gasteiger partial charge >= 0.3 is 6.03 Å². The van der Waals surface area contributed by atoms with Crippen LogP contribution >= 0.6 is 0 Å². The summed E-state index contributed by atoms with van der Waals surface area (Å²) in [6.45, 7) is 5.17. The van der Waals surface area contributed by atoms with E-state index in [1.54, 1.807) is 15.8 Å². The third-order valence-electron chi connectivity index (χ3n) is 3.57. The summed E-state index contributed by atoms with van der Waals surface area (Å²) in [5.41, 5.74) is 1.66. The van der Waals surface area contributed by atoms with E-state index in [0.29, 0.717) is 13.1 Å². The number of ether oxygens (including phenoxy) is 1. The standard InChI is InChI=1S/C16H20N4O2/c1-12-10-19(11-13(2)22-12)16(21)18-14-5-3-6-15(9-14)20-8-4-7-17-20/h3-9,12-13H,10-11H2,1-2H3,(H,18,21)/t12-,13-/m0/s1. The van der Waals surface area contributed by atoms with Gasteiger partial charge in [-0.1, -0.05) is 6.07 Å². The summed E-state index contributed by atoms with van der Waals surface area (Å²) >= 11 is 0. The van der Waals surface area contributed by atoms with Gasteiger partial charge in [0.05, 0.1) is 17.9 Å². The second-order valence-electron chi connectivity index (χ2n) is 5.59. The number of aromatic nitrogens is 2. The highest BCUT2D eigenvalue weighted by Crippen LogP contribution is 2.16. The molecule has 2 aromatic rings. The molecule has 1 aliphatic heterocycles. The summed E-state index contributed by atoms with van der Waals surface area (Å²) < 4.78 is 7.41. The van der Waals surface area contributed by atoms with Gasteiger partial charge in [-0.15, -0.1) is 0 Å². The smallest absolute Gasteiger partial charge is 0.322 e. The fourth-order valence-electron chi connectivity index (χ4n) is 2.69. The van der Waals surface area contributed by atoms with Gasteiger partial charge in [0.1, 0.15) is 0 Å². The van der Waals surface area contributed by atoms with Crippen LogP contribution in [0.4, 0.5) is 10.5 Å². The monoisotopic (exact) mass is 300 g/mol. The topological polar surface area (TPSA) is 59.4 Å². The minimum atomic E-state index is -0.0976. The molecule has 1 aromatic carbocycles. The summed E-state index contributed by atoms with van der Waals surface area (Å²) in [7, 11) is 0. The number of carbonyl (C=O) groups is 1. The maximum absolute atomic E-state index is 12.4. The van der Waals surface area contributed by atoms with Gasteiger partial charge in [0.15, 0.2) is 0 Å². The van der Waals surface area contributed by atoms with E-state index >= 15 is 0 Å². The van der Waals surface area contributed by atoms with Gasteiger partial charge in [-0.05, 0) is 38.1 Å². The van der Waals surface area contributed by atoms with Crippen molar-refractivity contribution in [2.45, 2.75) is 26.1 Å². The van der Waals surface area contributed by atoms with Crippen molar-refractivity contribution in [1.29, 1.82) is 0 Å². The van der Waals surface area contributed by atoms with Crippen LogP contribution in [0.25, 0.3) is 5.69 Å². The SMILES string of the molecule is C[C@H]1CN(C(=O)Nc2cccc(-n3cccn3)c2)C[C@H](C)O1. The molecule has 0 aliphatic carbocycles. The molecule has 116 valence electrons. The number of nitrogens with one attached hydrogen (secondary N) is 1. The molecule has 6 nitrogen and oxygen atoms in total. The van der Waals surface area contributed by atoms with Crippen molar-refractivity contribution >= 4 is 11.7 Å². The summed E-state index contributed by atoms with van der Waals surface area (Å²) in [6, 6.07) is 9.39. The van der Waals surface area contributed by atoms with Crippen molar-refractivity contribution < 1.29 is 9.53 Å². The van der Waals surface area contributed by atoms with E-state index in [2.05, 4.69) is 10.4 Å². The summed E-state index contributed by atoms with van der Waals surface area (Å²) in [5.74, 6) is 0. The molecule has 1 N–H and O–H groups in total. The van der Waals surface area contributed by atoms with Crippen LogP contribution in [0.15, 0.2) is 42.7 Å². The largest absolute Gasteiger partial charge is 0.372 e. The van der Waals surface area contributed by atoms with Crippen LogP contribution in [0.3, 0.4) is 0 Å². The average Bonchev–Trinajstić information content (AvgIpc) is 3.00. The number of anilines is 1. The fourth-order valence-corrected chi connectivity index (χ4v) is 2.69. The maximum Gasteiger partial charge on any atom is 0.322 e. The minimum Gasteiger partial charge on any atom is -0.372 e. The van der Waals surface area contributed by atoms with E-state index in [4.69, 9.17) is 4.74 Å². The van der Waals surface area contributed by atoms with Crippen LogP contribution < -0.4 is 5.32 Å². The van der Waals surface area contributed by atoms with Crippen molar-refractivity contribution in [2.24, 2.45) is 0 Å². The van der Waals surface area contributed by atoms with Crippen molar-refractivity contribution in [2.75, 3.05) is 18.4 Å². The summed E-state index contributed by atoms with van der Waals surface area (Å²) in [5, 5.41) is 7.14. The number of urea groups is 1. The number of amides is 2. The Kier molecular flexibility index (Phi) is 4.11. The lowest BCUT2D eigenvalue weighted by Gasteiger charge is -2.35. The first-order chi connectivity index (χ1) is 10.6. The van der Waals surface area contributed by atoms with Crippen molar-refractivity contribution in [3.63, 3.8) is 0 Å². The fraction of sp³-hybridized carbons (Fsp3) is 0.375. The number of benzene rings is 1. The van der Waals surface area contributed by atoms with Gasteiger partial charge in [-0.25, -0.2) is 9.48 Å². The Hall–Kier alpha value is -2.34. The molecule has 0 bridgehead atoms. The Balaban J connectivity index is 1.70. The van der Waals surface area contributed by atoms with Gasteiger partial charge in [0.25, 0.3) is 0 Å². The molecule has 6 heteroatoms. The van der Waals surface area contributed by atoms with Gasteiger partial charge in [0.2, 0.25) is 0 Å². The molecule has 0 saturated carbocycles. The van der Waals surface area contributed by atoms with E-state index in [9.17, 15) is 4.79 Å². The van der Waals surface area contributed by atoms with Crippen LogP contribution in [0.1, 0.15) is 13.8 Å². The molecule has 0 radical (unpaired) electrons. The molecule has 1 fully saturated rings. The second-order valence-corrected chi connectivity index (χ2v) is 5.59. The van der Waals surface area contributed by atoms with Crippen LogP contribution in [0.5, 0.6) is 0 Å². The molecule has 0 spiro atoms. The Morgan fingerprint density at radius 3 is 2.73 bits per heavy atom. The molecule has 2 amide bonds. The van der Waals surface area contributed by atoms with Crippen molar-refractivity contribution in [3.05, 3.63) is 42.7 Å². The lowest BCUT2D eigenvalue weighted by atomic mass is 10.2. The van der Waals surface area contributed by atoms with Gasteiger partial charge < -0.3 is 15.0 Å². The molecule has 1 aliphatic rings. The lowest BCUT2D eigenvalue weighted by molar-refractivity contribution is -0.0530. The number of rotatable bonds is 2. The third kappa shape index (κ3) is 3.28. The Morgan fingerprint density at radius 1 is 1.27 bits per heavy atom. The van der Waals surface area contributed by atoms with Gasteiger partial charge in [0, 0.05) is 31.2 Å². The molecule has 1 aromatic heterocycles. The molecule has 2 heterocycles. The predicted molar refractivity (Wildman–Crippen MR) is 84.2 cm³/mol. The first-order valence-electron chi connectivity index (χ1n) is 7.43. The molecule has 1 saturated heterocycles. The highest BCUT2D eigenvalue weighted by molar-refractivity contribution is 5.89. The minimum absolute atomic E-state index is 0.0601. The van der Waals surface area contributed by atoms with Gasteiger partial charge in [-0.2, -0.15) is 5.10 Å². The number of carbonyl (C=O) groups excluding carboxylic acids is 1. The van der Waals surface area contributed by atoms with E-state index < -0.39 is 0 Å². The van der Waals surface area contributed by atoms with Crippen molar-refractivity contribution in [1.82, 2.24) is 14.7 Å². The zero-order valence-electron chi connectivity index (χ0n) is 12.8.